The summed E-state index contributed by atoms with van der Waals surface area (Å²) in [5, 5.41) is 0. The molecule has 0 saturated heterocycles. The van der Waals surface area contributed by atoms with Crippen molar-refractivity contribution in [2.24, 2.45) is 16.5 Å². The van der Waals surface area contributed by atoms with Crippen molar-refractivity contribution in [3.8, 4) is 0 Å². The van der Waals surface area contributed by atoms with Crippen LogP contribution in [-0.4, -0.2) is 12.0 Å². The second-order valence-electron chi connectivity index (χ2n) is 7.09. The number of aryl methyl sites for hydroxylation is 1. The van der Waals surface area contributed by atoms with E-state index in [0.717, 1.165) is 18.8 Å². The molecule has 0 unspecified atom stereocenters. The highest BCUT2D eigenvalue weighted by Gasteiger charge is 2.14. The highest BCUT2D eigenvalue weighted by atomic mass is 15.0. The molecule has 0 spiro atoms. The minimum absolute atomic E-state index is 0.243. The van der Waals surface area contributed by atoms with Crippen molar-refractivity contribution < 1.29 is 0 Å². The molecule has 128 valence electrons. The number of nitrogens with zero attached hydrogens (tertiary/aromatic N) is 1. The van der Waals surface area contributed by atoms with Crippen molar-refractivity contribution in [1.82, 2.24) is 0 Å². The Morgan fingerprint density at radius 3 is 2.09 bits per heavy atom. The van der Waals surface area contributed by atoms with Crippen molar-refractivity contribution in [2.45, 2.75) is 83.1 Å². The summed E-state index contributed by atoms with van der Waals surface area (Å²) < 4.78 is 0. The second kappa shape index (κ2) is 9.59. The molecule has 23 heavy (non-hydrogen) atoms. The maximum absolute atomic E-state index is 5.25. The van der Waals surface area contributed by atoms with Crippen LogP contribution in [0.25, 0.3) is 0 Å². The molecule has 3 nitrogen and oxygen atoms in total. The molecule has 0 aromatic heterocycles. The molecule has 0 radical (unpaired) electrons. The normalized spacial score (nSPS) is 19.5. The molecule has 1 aromatic carbocycles. The van der Waals surface area contributed by atoms with E-state index in [2.05, 4.69) is 36.2 Å². The lowest BCUT2D eigenvalue weighted by atomic mass is 9.84. The molecule has 0 atom stereocenters. The Labute approximate surface area is 141 Å². The number of benzene rings is 1. The Kier molecular flexibility index (Phi) is 7.44. The van der Waals surface area contributed by atoms with Crippen molar-refractivity contribution in [2.75, 3.05) is 0 Å². The van der Waals surface area contributed by atoms with Gasteiger partial charge in [-0.25, -0.2) is 0 Å². The molecule has 1 aromatic rings. The van der Waals surface area contributed by atoms with Gasteiger partial charge in [-0.05, 0) is 44.1 Å². The summed E-state index contributed by atoms with van der Waals surface area (Å²) in [6.07, 6.45) is 13.3. The molecule has 2 saturated carbocycles. The van der Waals surface area contributed by atoms with Gasteiger partial charge in [0.15, 0.2) is 5.96 Å². The molecule has 0 amide bonds. The molecule has 3 heteroatoms. The zero-order valence-electron chi connectivity index (χ0n) is 14.6. The third-order valence-electron chi connectivity index (χ3n) is 5.03. The predicted molar refractivity (Wildman–Crippen MR) is 99.7 cm³/mol. The van der Waals surface area contributed by atoms with E-state index in [-0.39, 0.29) is 5.96 Å². The summed E-state index contributed by atoms with van der Waals surface area (Å²) in [4.78, 5) is 4.11. The van der Waals surface area contributed by atoms with Gasteiger partial charge in [-0.2, -0.15) is 0 Å². The number of aliphatic imine (C=N–C) groups is 1. The van der Waals surface area contributed by atoms with Gasteiger partial charge in [0.2, 0.25) is 0 Å². The Morgan fingerprint density at radius 1 is 0.913 bits per heavy atom. The van der Waals surface area contributed by atoms with Gasteiger partial charge in [0.1, 0.15) is 0 Å². The van der Waals surface area contributed by atoms with Crippen LogP contribution in [0.3, 0.4) is 0 Å². The third-order valence-corrected chi connectivity index (χ3v) is 5.03. The third kappa shape index (κ3) is 6.64. The number of hydrogen-bond acceptors (Lipinski definition) is 1. The van der Waals surface area contributed by atoms with E-state index in [1.165, 1.54) is 56.9 Å². The number of nitrogens with two attached hydrogens (primary N) is 2. The number of hydrogen-bond donors (Lipinski definition) is 2. The van der Waals surface area contributed by atoms with E-state index in [4.69, 9.17) is 11.5 Å². The molecular formula is C20H33N3. The highest BCUT2D eigenvalue weighted by molar-refractivity contribution is 5.75. The van der Waals surface area contributed by atoms with Crippen LogP contribution in [0.5, 0.6) is 0 Å². The lowest BCUT2D eigenvalue weighted by Gasteiger charge is -2.22. The zero-order valence-corrected chi connectivity index (χ0v) is 14.6. The summed E-state index contributed by atoms with van der Waals surface area (Å²) in [6.45, 7) is 2.19. The van der Waals surface area contributed by atoms with Crippen molar-refractivity contribution in [3.05, 3.63) is 35.4 Å². The maximum Gasteiger partial charge on any atom is 0.186 e. The summed E-state index contributed by atoms with van der Waals surface area (Å²) >= 11 is 0. The van der Waals surface area contributed by atoms with Crippen molar-refractivity contribution >= 4 is 5.96 Å². The van der Waals surface area contributed by atoms with E-state index in [1.54, 1.807) is 5.56 Å². The van der Waals surface area contributed by atoms with Crippen LogP contribution < -0.4 is 11.5 Å². The quantitative estimate of drug-likeness (QED) is 0.617. The van der Waals surface area contributed by atoms with E-state index >= 15 is 0 Å². The molecular weight excluding hydrogens is 282 g/mol. The fourth-order valence-corrected chi connectivity index (χ4v) is 3.78. The largest absolute Gasteiger partial charge is 0.370 e. The minimum Gasteiger partial charge on any atom is -0.370 e. The fraction of sp³-hybridized carbons (Fsp3) is 0.650. The zero-order chi connectivity index (χ0) is 16.5. The van der Waals surface area contributed by atoms with Crippen LogP contribution in [0, 0.1) is 6.92 Å². The monoisotopic (exact) mass is 315 g/mol. The van der Waals surface area contributed by atoms with Gasteiger partial charge in [0.25, 0.3) is 0 Å². The smallest absolute Gasteiger partial charge is 0.186 e. The first kappa shape index (κ1) is 17.8. The Hall–Kier alpha value is -1.51. The van der Waals surface area contributed by atoms with E-state index in [1.807, 2.05) is 0 Å². The SMILES string of the molecule is Cc1cccc(C2CCCCC2)c1.NC(N)=NC1CCCCC1. The minimum atomic E-state index is 0.243. The standard InChI is InChI=1S/C13H18.C7H15N3/c1-11-6-5-9-13(10-11)12-7-3-2-4-8-12;8-7(9)10-6-4-2-1-3-5-6/h5-6,9-10,12H,2-4,7-8H2,1H3;6H,1-5H2,(H4,8,9,10). The van der Waals surface area contributed by atoms with Gasteiger partial charge in [-0.3, -0.25) is 4.99 Å². The molecule has 2 aliphatic rings. The average Bonchev–Trinajstić information content (AvgIpc) is 2.57. The molecule has 3 rings (SSSR count). The van der Waals surface area contributed by atoms with Gasteiger partial charge in [0.05, 0.1) is 6.04 Å². The second-order valence-corrected chi connectivity index (χ2v) is 7.09. The van der Waals surface area contributed by atoms with Gasteiger partial charge in [-0.1, -0.05) is 68.4 Å². The summed E-state index contributed by atoms with van der Waals surface area (Å²) in [6, 6.07) is 9.45. The summed E-state index contributed by atoms with van der Waals surface area (Å²) in [7, 11) is 0. The van der Waals surface area contributed by atoms with Crippen LogP contribution in [0.15, 0.2) is 29.3 Å². The first-order valence-corrected chi connectivity index (χ1v) is 9.30. The lowest BCUT2D eigenvalue weighted by Crippen LogP contribution is -2.26. The molecule has 0 aliphatic heterocycles. The van der Waals surface area contributed by atoms with Crippen LogP contribution in [0.4, 0.5) is 0 Å². The molecule has 0 heterocycles. The van der Waals surface area contributed by atoms with E-state index in [0.29, 0.717) is 6.04 Å². The highest BCUT2D eigenvalue weighted by Crippen LogP contribution is 2.32. The van der Waals surface area contributed by atoms with E-state index in [9.17, 15) is 0 Å². The summed E-state index contributed by atoms with van der Waals surface area (Å²) in [5.74, 6) is 1.10. The molecule has 2 fully saturated rings. The predicted octanol–water partition coefficient (Wildman–Crippen LogP) is 4.64. The molecule has 0 bridgehead atoms. The number of rotatable bonds is 2. The first-order valence-electron chi connectivity index (χ1n) is 9.30. The van der Waals surface area contributed by atoms with Gasteiger partial charge in [0, 0.05) is 0 Å². The lowest BCUT2D eigenvalue weighted by molar-refractivity contribution is 0.443. The van der Waals surface area contributed by atoms with Gasteiger partial charge < -0.3 is 11.5 Å². The molecule has 4 N–H and O–H groups in total. The van der Waals surface area contributed by atoms with Crippen LogP contribution in [0.2, 0.25) is 0 Å². The Morgan fingerprint density at radius 2 is 1.52 bits per heavy atom. The van der Waals surface area contributed by atoms with Crippen LogP contribution in [0.1, 0.15) is 81.3 Å². The van der Waals surface area contributed by atoms with Crippen LogP contribution >= 0.6 is 0 Å². The van der Waals surface area contributed by atoms with Crippen molar-refractivity contribution in [1.29, 1.82) is 0 Å². The molecule has 2 aliphatic carbocycles. The maximum atomic E-state index is 5.25. The average molecular weight is 316 g/mol. The topological polar surface area (TPSA) is 64.4 Å². The van der Waals surface area contributed by atoms with Gasteiger partial charge in [-0.15, -0.1) is 0 Å². The Balaban J connectivity index is 0.000000174. The van der Waals surface area contributed by atoms with Gasteiger partial charge >= 0.3 is 0 Å². The Bertz CT molecular complexity index is 479. The number of guanidine groups is 1. The fourth-order valence-electron chi connectivity index (χ4n) is 3.78. The first-order chi connectivity index (χ1) is 11.1. The van der Waals surface area contributed by atoms with Crippen LogP contribution in [-0.2, 0) is 0 Å². The summed E-state index contributed by atoms with van der Waals surface area (Å²) in [5.41, 5.74) is 13.5. The van der Waals surface area contributed by atoms with E-state index < -0.39 is 0 Å². The van der Waals surface area contributed by atoms with Crippen molar-refractivity contribution in [3.63, 3.8) is 0 Å².